The Bertz CT molecular complexity index is 1040. The molecule has 1 atom stereocenters. The maximum absolute atomic E-state index is 13.2. The van der Waals surface area contributed by atoms with E-state index in [0.29, 0.717) is 16.7 Å². The zero-order chi connectivity index (χ0) is 19.0. The van der Waals surface area contributed by atoms with Gasteiger partial charge in [-0.25, -0.2) is 10.3 Å². The number of hydrogen-bond donors (Lipinski definition) is 1. The van der Waals surface area contributed by atoms with E-state index < -0.39 is 11.7 Å². The molecule has 1 aliphatic carbocycles. The average molecular weight is 361 g/mol. The summed E-state index contributed by atoms with van der Waals surface area (Å²) < 4.78 is 13.2. The zero-order valence-electron chi connectivity index (χ0n) is 14.3. The molecule has 1 unspecified atom stereocenters. The number of fused-ring (bicyclic) bond motifs is 1. The summed E-state index contributed by atoms with van der Waals surface area (Å²) in [6, 6.07) is 18.3. The van der Waals surface area contributed by atoms with E-state index in [2.05, 4.69) is 0 Å². The second-order valence-electron chi connectivity index (χ2n) is 6.44. The van der Waals surface area contributed by atoms with Crippen LogP contribution in [0.5, 0.6) is 0 Å². The van der Waals surface area contributed by atoms with Crippen molar-refractivity contribution in [2.24, 2.45) is 5.90 Å². The SMILES string of the molecule is NOCc1ccccc1-c1ccc2c(c1)C(=O)C(c1ccc(F)cc1)C2=O. The quantitative estimate of drug-likeness (QED) is 0.562. The summed E-state index contributed by atoms with van der Waals surface area (Å²) in [6.07, 6.45) is 0. The molecule has 27 heavy (non-hydrogen) atoms. The minimum atomic E-state index is -0.918. The monoisotopic (exact) mass is 361 g/mol. The fourth-order valence-electron chi connectivity index (χ4n) is 3.54. The number of nitrogens with two attached hydrogens (primary N) is 1. The molecular weight excluding hydrogens is 345 g/mol. The molecule has 0 amide bonds. The molecule has 0 aliphatic heterocycles. The largest absolute Gasteiger partial charge is 0.300 e. The van der Waals surface area contributed by atoms with Gasteiger partial charge in [-0.15, -0.1) is 0 Å². The van der Waals surface area contributed by atoms with Crippen LogP contribution < -0.4 is 5.90 Å². The summed E-state index contributed by atoms with van der Waals surface area (Å²) in [6.45, 7) is 0.234. The fourth-order valence-corrected chi connectivity index (χ4v) is 3.54. The van der Waals surface area contributed by atoms with Gasteiger partial charge in [0, 0.05) is 11.1 Å². The van der Waals surface area contributed by atoms with Crippen LogP contribution in [-0.2, 0) is 11.4 Å². The smallest absolute Gasteiger partial charge is 0.178 e. The van der Waals surface area contributed by atoms with E-state index >= 15 is 0 Å². The molecule has 2 N–H and O–H groups in total. The molecule has 5 heteroatoms. The van der Waals surface area contributed by atoms with E-state index in [1.54, 1.807) is 12.1 Å². The highest BCUT2D eigenvalue weighted by Gasteiger charge is 2.39. The molecule has 0 aromatic heterocycles. The standard InChI is InChI=1S/C22H16FNO3/c23-16-8-5-13(6-9-16)20-21(25)18-10-7-14(11-19(18)22(20)26)17-4-2-1-3-15(17)12-27-24/h1-11,20H,12,24H2. The van der Waals surface area contributed by atoms with Gasteiger partial charge < -0.3 is 0 Å². The van der Waals surface area contributed by atoms with Crippen LogP contribution in [0.1, 0.15) is 37.8 Å². The molecule has 0 saturated heterocycles. The summed E-state index contributed by atoms with van der Waals surface area (Å²) in [4.78, 5) is 30.4. The van der Waals surface area contributed by atoms with Crippen molar-refractivity contribution < 1.29 is 18.8 Å². The third kappa shape index (κ3) is 2.97. The number of ketones is 2. The Morgan fingerprint density at radius 1 is 0.852 bits per heavy atom. The molecule has 134 valence electrons. The van der Waals surface area contributed by atoms with E-state index in [4.69, 9.17) is 10.7 Å². The highest BCUT2D eigenvalue weighted by molar-refractivity contribution is 6.30. The van der Waals surface area contributed by atoms with E-state index in [-0.39, 0.29) is 18.2 Å². The first-order valence-electron chi connectivity index (χ1n) is 8.48. The molecule has 0 saturated carbocycles. The highest BCUT2D eigenvalue weighted by atomic mass is 19.1. The summed E-state index contributed by atoms with van der Waals surface area (Å²) in [5, 5.41) is 0. The Kier molecular flexibility index (Phi) is 4.39. The molecule has 3 aromatic carbocycles. The molecule has 0 fully saturated rings. The first-order chi connectivity index (χ1) is 13.1. The van der Waals surface area contributed by atoms with Gasteiger partial charge in [-0.05, 0) is 40.5 Å². The Hall–Kier alpha value is -3.15. The van der Waals surface area contributed by atoms with Crippen molar-refractivity contribution in [3.8, 4) is 11.1 Å². The van der Waals surface area contributed by atoms with Crippen molar-refractivity contribution in [3.63, 3.8) is 0 Å². The molecule has 0 spiro atoms. The molecule has 0 bridgehead atoms. The van der Waals surface area contributed by atoms with Crippen molar-refractivity contribution in [2.75, 3.05) is 0 Å². The maximum atomic E-state index is 13.2. The predicted molar refractivity (Wildman–Crippen MR) is 98.7 cm³/mol. The van der Waals surface area contributed by atoms with Crippen molar-refractivity contribution in [1.82, 2.24) is 0 Å². The zero-order valence-corrected chi connectivity index (χ0v) is 14.3. The van der Waals surface area contributed by atoms with Crippen LogP contribution in [0, 0.1) is 5.82 Å². The Morgan fingerprint density at radius 3 is 2.30 bits per heavy atom. The molecule has 0 heterocycles. The van der Waals surface area contributed by atoms with Crippen LogP contribution in [0.2, 0.25) is 0 Å². The van der Waals surface area contributed by atoms with Gasteiger partial charge in [-0.1, -0.05) is 48.5 Å². The lowest BCUT2D eigenvalue weighted by Gasteiger charge is -2.09. The third-order valence-corrected chi connectivity index (χ3v) is 4.85. The van der Waals surface area contributed by atoms with Gasteiger partial charge in [0.15, 0.2) is 11.6 Å². The third-order valence-electron chi connectivity index (χ3n) is 4.85. The number of rotatable bonds is 4. The number of hydrogen-bond acceptors (Lipinski definition) is 4. The molecule has 4 nitrogen and oxygen atoms in total. The molecule has 3 aromatic rings. The summed E-state index contributed by atoms with van der Waals surface area (Å²) in [5.41, 5.74) is 3.85. The lowest BCUT2D eigenvalue weighted by atomic mass is 9.94. The number of carbonyl (C=O) groups is 2. The van der Waals surface area contributed by atoms with Crippen LogP contribution in [0.3, 0.4) is 0 Å². The molecule has 4 rings (SSSR count). The second-order valence-corrected chi connectivity index (χ2v) is 6.44. The van der Waals surface area contributed by atoms with Crippen LogP contribution in [-0.4, -0.2) is 11.6 Å². The number of halogens is 1. The lowest BCUT2D eigenvalue weighted by Crippen LogP contribution is -2.12. The number of carbonyl (C=O) groups excluding carboxylic acids is 2. The van der Waals surface area contributed by atoms with Crippen LogP contribution >= 0.6 is 0 Å². The number of benzene rings is 3. The minimum absolute atomic E-state index is 0.234. The van der Waals surface area contributed by atoms with Crippen LogP contribution in [0.15, 0.2) is 66.7 Å². The summed E-state index contributed by atoms with van der Waals surface area (Å²) >= 11 is 0. The topological polar surface area (TPSA) is 69.4 Å². The van der Waals surface area contributed by atoms with Gasteiger partial charge >= 0.3 is 0 Å². The minimum Gasteiger partial charge on any atom is -0.300 e. The van der Waals surface area contributed by atoms with Crippen LogP contribution in [0.4, 0.5) is 4.39 Å². The van der Waals surface area contributed by atoms with Gasteiger partial charge in [0.25, 0.3) is 0 Å². The van der Waals surface area contributed by atoms with E-state index in [1.807, 2.05) is 30.3 Å². The van der Waals surface area contributed by atoms with E-state index in [1.165, 1.54) is 24.3 Å². The first-order valence-corrected chi connectivity index (χ1v) is 8.48. The second kappa shape index (κ2) is 6.87. The lowest BCUT2D eigenvalue weighted by molar-refractivity contribution is 0.0890. The van der Waals surface area contributed by atoms with Crippen molar-refractivity contribution in [2.45, 2.75) is 12.5 Å². The average Bonchev–Trinajstić information content (AvgIpc) is 2.93. The van der Waals surface area contributed by atoms with Gasteiger partial charge in [0.05, 0.1) is 6.61 Å². The highest BCUT2D eigenvalue weighted by Crippen LogP contribution is 2.37. The van der Waals surface area contributed by atoms with Crippen molar-refractivity contribution in [3.05, 3.63) is 94.8 Å². The summed E-state index contributed by atoms with van der Waals surface area (Å²) in [5.74, 6) is 3.36. The maximum Gasteiger partial charge on any atom is 0.178 e. The van der Waals surface area contributed by atoms with Gasteiger partial charge in [0.1, 0.15) is 11.7 Å². The predicted octanol–water partition coefficient (Wildman–Crippen LogP) is 4.05. The summed E-state index contributed by atoms with van der Waals surface area (Å²) in [7, 11) is 0. The normalized spacial score (nSPS) is 15.9. The molecular formula is C22H16FNO3. The Labute approximate surface area is 155 Å². The first kappa shape index (κ1) is 17.3. The Balaban J connectivity index is 1.76. The number of Topliss-reactive ketones (excluding diaryl/α,β-unsaturated/α-hetero) is 2. The van der Waals surface area contributed by atoms with Gasteiger partial charge in [0.2, 0.25) is 0 Å². The Morgan fingerprint density at radius 2 is 1.56 bits per heavy atom. The van der Waals surface area contributed by atoms with Crippen LogP contribution in [0.25, 0.3) is 11.1 Å². The fraction of sp³-hybridized carbons (Fsp3) is 0.0909. The van der Waals surface area contributed by atoms with E-state index in [0.717, 1.165) is 16.7 Å². The van der Waals surface area contributed by atoms with Gasteiger partial charge in [-0.2, -0.15) is 0 Å². The van der Waals surface area contributed by atoms with Crippen molar-refractivity contribution >= 4 is 11.6 Å². The molecule has 1 aliphatic rings. The van der Waals surface area contributed by atoms with E-state index in [9.17, 15) is 14.0 Å². The van der Waals surface area contributed by atoms with Crippen molar-refractivity contribution in [1.29, 1.82) is 0 Å². The molecule has 0 radical (unpaired) electrons. The van der Waals surface area contributed by atoms with Gasteiger partial charge in [-0.3, -0.25) is 14.4 Å².